The zero-order valence-electron chi connectivity index (χ0n) is 15.5. The summed E-state index contributed by atoms with van der Waals surface area (Å²) in [6.45, 7) is 2.96. The number of imide groups is 1. The van der Waals surface area contributed by atoms with Gasteiger partial charge >= 0.3 is 0 Å². The normalized spacial score (nSPS) is 22.4. The summed E-state index contributed by atoms with van der Waals surface area (Å²) in [5.41, 5.74) is 0.874. The van der Waals surface area contributed by atoms with E-state index in [1.807, 2.05) is 30.3 Å². The van der Waals surface area contributed by atoms with E-state index in [2.05, 4.69) is 6.92 Å². The molecule has 1 aromatic rings. The summed E-state index contributed by atoms with van der Waals surface area (Å²) in [6, 6.07) is 9.61. The largest absolute Gasteiger partial charge is 0.312 e. The Morgan fingerprint density at radius 1 is 1.08 bits per heavy atom. The highest BCUT2D eigenvalue weighted by molar-refractivity contribution is 6.05. The fourth-order valence-electron chi connectivity index (χ4n) is 4.12. The van der Waals surface area contributed by atoms with E-state index in [4.69, 9.17) is 0 Å². The highest BCUT2D eigenvalue weighted by atomic mass is 16.2. The first kappa shape index (κ1) is 18.6. The van der Waals surface area contributed by atoms with Crippen LogP contribution in [0.4, 0.5) is 5.69 Å². The van der Waals surface area contributed by atoms with Crippen LogP contribution in [-0.4, -0.2) is 35.7 Å². The van der Waals surface area contributed by atoms with Gasteiger partial charge in [0.25, 0.3) is 0 Å². The lowest BCUT2D eigenvalue weighted by Crippen LogP contribution is -2.38. The molecule has 2 aliphatic rings. The van der Waals surface area contributed by atoms with E-state index < -0.39 is 0 Å². The number of nitrogens with zero attached hydrogens (tertiary/aromatic N) is 2. The van der Waals surface area contributed by atoms with Gasteiger partial charge in [-0.15, -0.1) is 0 Å². The van der Waals surface area contributed by atoms with Gasteiger partial charge in [0, 0.05) is 25.2 Å². The summed E-state index contributed by atoms with van der Waals surface area (Å²) in [5.74, 6) is -0.437. The molecule has 1 aromatic carbocycles. The van der Waals surface area contributed by atoms with Crippen molar-refractivity contribution in [1.82, 2.24) is 4.90 Å². The molecule has 1 saturated carbocycles. The van der Waals surface area contributed by atoms with Gasteiger partial charge in [0.05, 0.1) is 11.8 Å². The molecular weight excluding hydrogens is 328 g/mol. The number of amides is 3. The molecule has 26 heavy (non-hydrogen) atoms. The molecule has 140 valence electrons. The van der Waals surface area contributed by atoms with Gasteiger partial charge in [-0.05, 0) is 31.4 Å². The summed E-state index contributed by atoms with van der Waals surface area (Å²) in [5, 5.41) is 0. The molecule has 0 bridgehead atoms. The molecule has 0 spiro atoms. The van der Waals surface area contributed by atoms with Gasteiger partial charge in [-0.1, -0.05) is 44.4 Å². The molecular formula is C21H28N2O3. The van der Waals surface area contributed by atoms with E-state index in [1.165, 1.54) is 4.90 Å². The molecule has 1 saturated heterocycles. The van der Waals surface area contributed by atoms with Crippen molar-refractivity contribution >= 4 is 23.4 Å². The zero-order chi connectivity index (χ0) is 18.5. The monoisotopic (exact) mass is 356 g/mol. The highest BCUT2D eigenvalue weighted by Crippen LogP contribution is 2.38. The van der Waals surface area contributed by atoms with E-state index in [-0.39, 0.29) is 42.5 Å². The van der Waals surface area contributed by atoms with Crippen molar-refractivity contribution in [3.8, 4) is 0 Å². The van der Waals surface area contributed by atoms with Gasteiger partial charge < -0.3 is 4.90 Å². The summed E-state index contributed by atoms with van der Waals surface area (Å²) >= 11 is 0. The van der Waals surface area contributed by atoms with Gasteiger partial charge in [-0.3, -0.25) is 19.3 Å². The summed E-state index contributed by atoms with van der Waals surface area (Å²) < 4.78 is 0. The van der Waals surface area contributed by atoms with E-state index >= 15 is 0 Å². The summed E-state index contributed by atoms with van der Waals surface area (Å²) in [4.78, 5) is 41.0. The maximum absolute atomic E-state index is 12.8. The van der Waals surface area contributed by atoms with Crippen LogP contribution in [0.1, 0.15) is 51.9 Å². The quantitative estimate of drug-likeness (QED) is 0.704. The highest BCUT2D eigenvalue weighted by Gasteiger charge is 2.47. The second-order valence-corrected chi connectivity index (χ2v) is 7.31. The van der Waals surface area contributed by atoms with Crippen molar-refractivity contribution < 1.29 is 14.4 Å². The van der Waals surface area contributed by atoms with Gasteiger partial charge in [-0.25, -0.2) is 0 Å². The van der Waals surface area contributed by atoms with Crippen molar-refractivity contribution in [2.45, 2.75) is 51.9 Å². The summed E-state index contributed by atoms with van der Waals surface area (Å²) in [6.07, 6.45) is 5.78. The molecule has 0 aromatic heterocycles. The third-order valence-electron chi connectivity index (χ3n) is 5.59. The number of unbranched alkanes of at least 4 members (excludes halogenated alkanes) is 1. The molecule has 1 heterocycles. The Morgan fingerprint density at radius 2 is 1.69 bits per heavy atom. The standard InChI is InChI=1S/C21H28N2O3/c1-2-3-14-22(16-9-5-4-6-10-16)19(24)13-15-23-20(25)17-11-7-8-12-18(17)21(23)26/h4-6,9-10,17-18H,2-3,7-8,11-15H2,1H3. The van der Waals surface area contributed by atoms with Crippen LogP contribution in [0.15, 0.2) is 30.3 Å². The Balaban J connectivity index is 1.64. The Kier molecular flexibility index (Phi) is 6.07. The van der Waals surface area contributed by atoms with Crippen molar-refractivity contribution in [2.24, 2.45) is 11.8 Å². The number of fused-ring (bicyclic) bond motifs is 1. The van der Waals surface area contributed by atoms with Crippen LogP contribution in [0.5, 0.6) is 0 Å². The molecule has 1 aliphatic carbocycles. The van der Waals surface area contributed by atoms with E-state index in [9.17, 15) is 14.4 Å². The van der Waals surface area contributed by atoms with E-state index in [0.29, 0.717) is 6.54 Å². The minimum absolute atomic E-state index is 0.0277. The zero-order valence-corrected chi connectivity index (χ0v) is 15.5. The predicted octanol–water partition coefficient (Wildman–Crippen LogP) is 3.39. The second-order valence-electron chi connectivity index (χ2n) is 7.31. The number of para-hydroxylation sites is 1. The Bertz CT molecular complexity index is 634. The van der Waals surface area contributed by atoms with Gasteiger partial charge in [0.1, 0.15) is 0 Å². The third kappa shape index (κ3) is 3.81. The minimum atomic E-state index is -0.142. The van der Waals surface area contributed by atoms with Crippen LogP contribution in [0.25, 0.3) is 0 Å². The first-order valence-electron chi connectivity index (χ1n) is 9.84. The van der Waals surface area contributed by atoms with Crippen molar-refractivity contribution in [1.29, 1.82) is 0 Å². The van der Waals surface area contributed by atoms with Gasteiger partial charge in [0.15, 0.2) is 0 Å². The molecule has 2 unspecified atom stereocenters. The Labute approximate surface area is 155 Å². The maximum Gasteiger partial charge on any atom is 0.233 e. The molecule has 2 fully saturated rings. The van der Waals surface area contributed by atoms with Crippen LogP contribution >= 0.6 is 0 Å². The molecule has 0 N–H and O–H groups in total. The molecule has 3 amide bonds. The van der Waals surface area contributed by atoms with Crippen LogP contribution in [0.2, 0.25) is 0 Å². The average molecular weight is 356 g/mol. The molecule has 1 aliphatic heterocycles. The van der Waals surface area contributed by atoms with Crippen molar-refractivity contribution in [2.75, 3.05) is 18.0 Å². The number of rotatable bonds is 7. The maximum atomic E-state index is 12.8. The first-order chi connectivity index (χ1) is 12.6. The molecule has 3 rings (SSSR count). The van der Waals surface area contributed by atoms with Crippen LogP contribution in [0, 0.1) is 11.8 Å². The average Bonchev–Trinajstić information content (AvgIpc) is 2.92. The molecule has 2 atom stereocenters. The number of carbonyl (C=O) groups excluding carboxylic acids is 3. The number of anilines is 1. The second kappa shape index (κ2) is 8.47. The third-order valence-corrected chi connectivity index (χ3v) is 5.59. The minimum Gasteiger partial charge on any atom is -0.312 e. The fourth-order valence-corrected chi connectivity index (χ4v) is 4.12. The van der Waals surface area contributed by atoms with E-state index in [0.717, 1.165) is 44.2 Å². The smallest absolute Gasteiger partial charge is 0.233 e. The van der Waals surface area contributed by atoms with Crippen molar-refractivity contribution in [3.05, 3.63) is 30.3 Å². The molecule has 5 heteroatoms. The predicted molar refractivity (Wildman–Crippen MR) is 100 cm³/mol. The number of benzene rings is 1. The fraction of sp³-hybridized carbons (Fsp3) is 0.571. The molecule has 5 nitrogen and oxygen atoms in total. The lowest BCUT2D eigenvalue weighted by molar-refractivity contribution is -0.140. The Hall–Kier alpha value is -2.17. The van der Waals surface area contributed by atoms with E-state index in [1.54, 1.807) is 4.90 Å². The van der Waals surface area contributed by atoms with Crippen LogP contribution < -0.4 is 4.90 Å². The SMILES string of the molecule is CCCCN(C(=O)CCN1C(=O)C2CCCCC2C1=O)c1ccccc1. The topological polar surface area (TPSA) is 57.7 Å². The number of likely N-dealkylation sites (tertiary alicyclic amines) is 1. The Morgan fingerprint density at radius 3 is 2.27 bits per heavy atom. The van der Waals surface area contributed by atoms with Crippen LogP contribution in [-0.2, 0) is 14.4 Å². The number of carbonyl (C=O) groups is 3. The van der Waals surface area contributed by atoms with Gasteiger partial charge in [-0.2, -0.15) is 0 Å². The lowest BCUT2D eigenvalue weighted by atomic mass is 9.81. The number of hydrogen-bond donors (Lipinski definition) is 0. The van der Waals surface area contributed by atoms with Gasteiger partial charge in [0.2, 0.25) is 17.7 Å². The first-order valence-corrected chi connectivity index (χ1v) is 9.84. The van der Waals surface area contributed by atoms with Crippen LogP contribution in [0.3, 0.4) is 0 Å². The lowest BCUT2D eigenvalue weighted by Gasteiger charge is -2.24. The van der Waals surface area contributed by atoms with Crippen molar-refractivity contribution in [3.63, 3.8) is 0 Å². The number of hydrogen-bond acceptors (Lipinski definition) is 3. The summed E-state index contributed by atoms with van der Waals surface area (Å²) in [7, 11) is 0. The molecule has 0 radical (unpaired) electrons.